The van der Waals surface area contributed by atoms with E-state index in [-0.39, 0.29) is 0 Å². The Labute approximate surface area is 117 Å². The quantitative estimate of drug-likeness (QED) is 0.888. The lowest BCUT2D eigenvalue weighted by Gasteiger charge is -2.30. The highest BCUT2D eigenvalue weighted by molar-refractivity contribution is 5.33. The van der Waals surface area contributed by atoms with Gasteiger partial charge in [0, 0.05) is 6.04 Å². The van der Waals surface area contributed by atoms with Crippen molar-refractivity contribution in [2.45, 2.75) is 64.5 Å². The van der Waals surface area contributed by atoms with Gasteiger partial charge in [0.25, 0.3) is 0 Å². The summed E-state index contributed by atoms with van der Waals surface area (Å²) < 4.78 is 6.29. The number of rotatable bonds is 3. The number of likely N-dealkylation sites (N-methyl/N-ethyl adjacent to an activating group) is 1. The largest absolute Gasteiger partial charge is 0.489 e. The predicted octanol–water partition coefficient (Wildman–Crippen LogP) is 3.99. The summed E-state index contributed by atoms with van der Waals surface area (Å²) >= 11 is 0. The maximum atomic E-state index is 6.29. The Kier molecular flexibility index (Phi) is 5.26. The molecular formula is C17H27NO. The Morgan fingerprint density at radius 1 is 0.947 bits per heavy atom. The van der Waals surface area contributed by atoms with E-state index in [0.717, 1.165) is 5.75 Å². The van der Waals surface area contributed by atoms with Crippen LogP contribution in [0.3, 0.4) is 0 Å². The van der Waals surface area contributed by atoms with Crippen LogP contribution in [0.25, 0.3) is 0 Å². The van der Waals surface area contributed by atoms with Crippen LogP contribution in [0.1, 0.15) is 49.7 Å². The molecule has 0 amide bonds. The number of hydrogen-bond acceptors (Lipinski definition) is 2. The normalized spacial score (nSPS) is 24.6. The highest BCUT2D eigenvalue weighted by Crippen LogP contribution is 2.24. The second kappa shape index (κ2) is 6.95. The lowest BCUT2D eigenvalue weighted by molar-refractivity contribution is 0.131. The summed E-state index contributed by atoms with van der Waals surface area (Å²) in [5.41, 5.74) is 2.56. The van der Waals surface area contributed by atoms with E-state index in [2.05, 4.69) is 44.4 Å². The van der Waals surface area contributed by atoms with Crippen LogP contribution in [0, 0.1) is 13.8 Å². The van der Waals surface area contributed by atoms with Gasteiger partial charge in [-0.3, -0.25) is 0 Å². The smallest absolute Gasteiger partial charge is 0.120 e. The number of aryl methyl sites for hydroxylation is 2. The van der Waals surface area contributed by atoms with Crippen molar-refractivity contribution in [3.63, 3.8) is 0 Å². The highest BCUT2D eigenvalue weighted by atomic mass is 16.5. The van der Waals surface area contributed by atoms with Gasteiger partial charge in [-0.25, -0.2) is 0 Å². The van der Waals surface area contributed by atoms with E-state index < -0.39 is 0 Å². The zero-order valence-corrected chi connectivity index (χ0v) is 12.5. The second-order valence-electron chi connectivity index (χ2n) is 5.87. The molecule has 2 atom stereocenters. The number of benzene rings is 1. The molecule has 1 aromatic carbocycles. The minimum Gasteiger partial charge on any atom is -0.489 e. The van der Waals surface area contributed by atoms with Gasteiger partial charge in [0.2, 0.25) is 0 Å². The third-order valence-electron chi connectivity index (χ3n) is 4.06. The molecule has 19 heavy (non-hydrogen) atoms. The summed E-state index contributed by atoms with van der Waals surface area (Å²) in [6.07, 6.45) is 8.03. The highest BCUT2D eigenvalue weighted by Gasteiger charge is 2.23. The summed E-state index contributed by atoms with van der Waals surface area (Å²) in [6.45, 7) is 4.26. The molecule has 1 aliphatic carbocycles. The predicted molar refractivity (Wildman–Crippen MR) is 80.9 cm³/mol. The average molecular weight is 261 g/mol. The minimum absolute atomic E-state index is 0.312. The van der Waals surface area contributed by atoms with Gasteiger partial charge in [-0.15, -0.1) is 0 Å². The first kappa shape index (κ1) is 14.4. The number of ether oxygens (including phenoxy) is 1. The summed E-state index contributed by atoms with van der Waals surface area (Å²) in [5, 5.41) is 3.45. The van der Waals surface area contributed by atoms with Gasteiger partial charge in [-0.2, -0.15) is 0 Å². The molecule has 0 aliphatic heterocycles. The van der Waals surface area contributed by atoms with E-state index >= 15 is 0 Å². The Hall–Kier alpha value is -1.02. The molecule has 106 valence electrons. The molecule has 0 heterocycles. The van der Waals surface area contributed by atoms with Gasteiger partial charge >= 0.3 is 0 Å². The Morgan fingerprint density at radius 3 is 2.21 bits per heavy atom. The van der Waals surface area contributed by atoms with Crippen molar-refractivity contribution in [1.82, 2.24) is 5.32 Å². The third-order valence-corrected chi connectivity index (χ3v) is 4.06. The molecule has 1 aliphatic rings. The molecule has 0 radical (unpaired) electrons. The molecule has 1 fully saturated rings. The van der Waals surface area contributed by atoms with Crippen molar-refractivity contribution in [3.8, 4) is 5.75 Å². The first-order chi connectivity index (χ1) is 9.19. The molecular weight excluding hydrogens is 234 g/mol. The fourth-order valence-corrected chi connectivity index (χ4v) is 3.10. The molecule has 0 spiro atoms. The SMILES string of the molecule is CNC1CCCCCCC1Oc1cc(C)cc(C)c1. The van der Waals surface area contributed by atoms with Crippen LogP contribution in [0.4, 0.5) is 0 Å². The molecule has 2 nitrogen and oxygen atoms in total. The zero-order valence-electron chi connectivity index (χ0n) is 12.5. The van der Waals surface area contributed by atoms with Gasteiger partial charge in [-0.05, 0) is 63.4 Å². The Bertz CT molecular complexity index is 382. The van der Waals surface area contributed by atoms with E-state index in [1.54, 1.807) is 0 Å². The zero-order chi connectivity index (χ0) is 13.7. The lowest BCUT2D eigenvalue weighted by Crippen LogP contribution is -2.41. The van der Waals surface area contributed by atoms with Crippen LogP contribution < -0.4 is 10.1 Å². The maximum absolute atomic E-state index is 6.29. The van der Waals surface area contributed by atoms with Crippen LogP contribution in [0.5, 0.6) is 5.75 Å². The summed E-state index contributed by atoms with van der Waals surface area (Å²) in [5.74, 6) is 1.03. The van der Waals surface area contributed by atoms with Crippen molar-refractivity contribution >= 4 is 0 Å². The van der Waals surface area contributed by atoms with Gasteiger partial charge < -0.3 is 10.1 Å². The molecule has 2 rings (SSSR count). The van der Waals surface area contributed by atoms with E-state index in [9.17, 15) is 0 Å². The van der Waals surface area contributed by atoms with Crippen LogP contribution in [-0.4, -0.2) is 19.2 Å². The van der Waals surface area contributed by atoms with E-state index in [4.69, 9.17) is 4.74 Å². The Morgan fingerprint density at radius 2 is 1.58 bits per heavy atom. The topological polar surface area (TPSA) is 21.3 Å². The van der Waals surface area contributed by atoms with Gasteiger partial charge in [-0.1, -0.05) is 25.3 Å². The first-order valence-corrected chi connectivity index (χ1v) is 7.61. The number of hydrogen-bond donors (Lipinski definition) is 1. The van der Waals surface area contributed by atoms with Crippen molar-refractivity contribution in [3.05, 3.63) is 29.3 Å². The van der Waals surface area contributed by atoms with Gasteiger partial charge in [0.1, 0.15) is 11.9 Å². The van der Waals surface area contributed by atoms with Crippen molar-refractivity contribution in [2.24, 2.45) is 0 Å². The van der Waals surface area contributed by atoms with Crippen LogP contribution in [-0.2, 0) is 0 Å². The molecule has 0 saturated heterocycles. The molecule has 2 heteroatoms. The third kappa shape index (κ3) is 4.24. The van der Waals surface area contributed by atoms with Gasteiger partial charge in [0.15, 0.2) is 0 Å². The molecule has 1 aromatic rings. The van der Waals surface area contributed by atoms with Crippen LogP contribution in [0.15, 0.2) is 18.2 Å². The standard InChI is InChI=1S/C17H27NO/c1-13-10-14(2)12-15(11-13)19-17-9-7-5-4-6-8-16(17)18-3/h10-12,16-18H,4-9H2,1-3H3. The lowest BCUT2D eigenvalue weighted by atomic mass is 9.94. The molecule has 1 N–H and O–H groups in total. The monoisotopic (exact) mass is 261 g/mol. The molecule has 1 saturated carbocycles. The van der Waals surface area contributed by atoms with Crippen molar-refractivity contribution in [2.75, 3.05) is 7.05 Å². The summed E-state index contributed by atoms with van der Waals surface area (Å²) in [4.78, 5) is 0. The summed E-state index contributed by atoms with van der Waals surface area (Å²) in [7, 11) is 2.06. The van der Waals surface area contributed by atoms with Crippen molar-refractivity contribution < 1.29 is 4.74 Å². The maximum Gasteiger partial charge on any atom is 0.120 e. The van der Waals surface area contributed by atoms with Crippen LogP contribution >= 0.6 is 0 Å². The van der Waals surface area contributed by atoms with E-state index in [0.29, 0.717) is 12.1 Å². The van der Waals surface area contributed by atoms with E-state index in [1.807, 2.05) is 0 Å². The minimum atomic E-state index is 0.312. The fraction of sp³-hybridized carbons (Fsp3) is 0.647. The fourth-order valence-electron chi connectivity index (χ4n) is 3.10. The average Bonchev–Trinajstić information content (AvgIpc) is 2.32. The summed E-state index contributed by atoms with van der Waals surface area (Å²) in [6, 6.07) is 6.98. The first-order valence-electron chi connectivity index (χ1n) is 7.61. The number of nitrogens with one attached hydrogen (secondary N) is 1. The molecule has 0 aromatic heterocycles. The second-order valence-corrected chi connectivity index (χ2v) is 5.87. The molecule has 0 bridgehead atoms. The van der Waals surface area contributed by atoms with Crippen molar-refractivity contribution in [1.29, 1.82) is 0 Å². The van der Waals surface area contributed by atoms with Crippen LogP contribution in [0.2, 0.25) is 0 Å². The Balaban J connectivity index is 2.08. The molecule has 2 unspecified atom stereocenters. The van der Waals surface area contributed by atoms with E-state index in [1.165, 1.54) is 49.7 Å². The van der Waals surface area contributed by atoms with Gasteiger partial charge in [0.05, 0.1) is 0 Å².